The zero-order valence-corrected chi connectivity index (χ0v) is 9.21. The Hall–Kier alpha value is -0.650. The Morgan fingerprint density at radius 1 is 1.64 bits per heavy atom. The number of ether oxygens (including phenoxy) is 1. The van der Waals surface area contributed by atoms with E-state index in [-0.39, 0.29) is 12.4 Å². The van der Waals surface area contributed by atoms with Gasteiger partial charge in [0.1, 0.15) is 0 Å². The maximum absolute atomic E-state index is 13.2. The molecule has 0 saturated heterocycles. The van der Waals surface area contributed by atoms with Gasteiger partial charge in [-0.15, -0.1) is 0 Å². The molecule has 0 aliphatic carbocycles. The molecule has 1 atom stereocenters. The zero-order chi connectivity index (χ0) is 10.7. The van der Waals surface area contributed by atoms with E-state index in [1.807, 2.05) is 0 Å². The van der Waals surface area contributed by atoms with Crippen molar-refractivity contribution in [3.8, 4) is 5.75 Å². The van der Waals surface area contributed by atoms with Gasteiger partial charge in [-0.1, -0.05) is 15.9 Å². The van der Waals surface area contributed by atoms with Gasteiger partial charge in [-0.05, 0) is 12.1 Å². The Morgan fingerprint density at radius 2 is 2.29 bits per heavy atom. The molecule has 1 aromatic rings. The summed E-state index contributed by atoms with van der Waals surface area (Å²) in [5, 5.41) is 8.90. The summed E-state index contributed by atoms with van der Waals surface area (Å²) in [5.74, 6) is -0.421. The van der Waals surface area contributed by atoms with Crippen LogP contribution in [0.15, 0.2) is 16.6 Å². The van der Waals surface area contributed by atoms with Crippen LogP contribution in [0.4, 0.5) is 4.39 Å². The third-order valence-corrected chi connectivity index (χ3v) is 2.56. The van der Waals surface area contributed by atoms with E-state index in [4.69, 9.17) is 15.6 Å². The lowest BCUT2D eigenvalue weighted by atomic mass is 10.1. The standard InChI is InChI=1S/C9H11BrFNO2/c1-14-9-6(11)3-2-5(10)8(9)7(12)4-13/h2-3,7,13H,4,12H2,1H3. The SMILES string of the molecule is COc1c(F)ccc(Br)c1C(N)CO. The molecule has 14 heavy (non-hydrogen) atoms. The Kier molecular flexibility index (Phi) is 3.86. The fraction of sp³-hybridized carbons (Fsp3) is 0.333. The van der Waals surface area contributed by atoms with Crippen LogP contribution in [-0.2, 0) is 0 Å². The molecular weight excluding hydrogens is 253 g/mol. The lowest BCUT2D eigenvalue weighted by Gasteiger charge is -2.15. The van der Waals surface area contributed by atoms with E-state index in [0.717, 1.165) is 0 Å². The Bertz CT molecular complexity index is 333. The maximum Gasteiger partial charge on any atom is 0.165 e. The van der Waals surface area contributed by atoms with Crippen LogP contribution in [0.1, 0.15) is 11.6 Å². The number of nitrogens with two attached hydrogens (primary N) is 1. The first-order valence-electron chi connectivity index (χ1n) is 4.00. The summed E-state index contributed by atoms with van der Waals surface area (Å²) in [6, 6.07) is 2.15. The third-order valence-electron chi connectivity index (χ3n) is 1.87. The maximum atomic E-state index is 13.2. The van der Waals surface area contributed by atoms with Crippen LogP contribution >= 0.6 is 15.9 Å². The molecule has 3 nitrogen and oxygen atoms in total. The lowest BCUT2D eigenvalue weighted by molar-refractivity contribution is 0.263. The van der Waals surface area contributed by atoms with E-state index in [1.165, 1.54) is 19.2 Å². The summed E-state index contributed by atoms with van der Waals surface area (Å²) in [5.41, 5.74) is 6.05. The second-order valence-electron chi connectivity index (χ2n) is 2.77. The van der Waals surface area contributed by atoms with Crippen molar-refractivity contribution in [2.45, 2.75) is 6.04 Å². The first-order chi connectivity index (χ1) is 6.61. The summed E-state index contributed by atoms with van der Waals surface area (Å²) in [6.45, 7) is -0.265. The Balaban J connectivity index is 3.29. The van der Waals surface area contributed by atoms with Gasteiger partial charge in [-0.25, -0.2) is 4.39 Å². The van der Waals surface area contributed by atoms with Crippen molar-refractivity contribution in [1.82, 2.24) is 0 Å². The van der Waals surface area contributed by atoms with Gasteiger partial charge in [-0.2, -0.15) is 0 Å². The van der Waals surface area contributed by atoms with Crippen molar-refractivity contribution in [2.24, 2.45) is 5.73 Å². The molecule has 0 radical (unpaired) electrons. The monoisotopic (exact) mass is 263 g/mol. The molecule has 78 valence electrons. The minimum Gasteiger partial charge on any atom is -0.493 e. The van der Waals surface area contributed by atoms with Crippen LogP contribution in [-0.4, -0.2) is 18.8 Å². The molecule has 3 N–H and O–H groups in total. The first-order valence-corrected chi connectivity index (χ1v) is 4.79. The summed E-state index contributed by atoms with van der Waals surface area (Å²) in [6.07, 6.45) is 0. The second kappa shape index (κ2) is 4.72. The van der Waals surface area contributed by atoms with Crippen molar-refractivity contribution in [1.29, 1.82) is 0 Å². The van der Waals surface area contributed by atoms with E-state index in [1.54, 1.807) is 0 Å². The average molecular weight is 264 g/mol. The number of aliphatic hydroxyl groups is 1. The quantitative estimate of drug-likeness (QED) is 0.871. The molecule has 0 fully saturated rings. The van der Waals surface area contributed by atoms with Gasteiger partial charge in [0, 0.05) is 10.0 Å². The van der Waals surface area contributed by atoms with Gasteiger partial charge in [0.05, 0.1) is 19.8 Å². The molecule has 0 saturated carbocycles. The highest BCUT2D eigenvalue weighted by Crippen LogP contribution is 2.33. The van der Waals surface area contributed by atoms with Crippen molar-refractivity contribution in [3.63, 3.8) is 0 Å². The smallest absolute Gasteiger partial charge is 0.165 e. The van der Waals surface area contributed by atoms with Crippen molar-refractivity contribution in [3.05, 3.63) is 28.0 Å². The van der Waals surface area contributed by atoms with Crippen LogP contribution < -0.4 is 10.5 Å². The molecule has 5 heteroatoms. The minimum absolute atomic E-state index is 0.0703. The van der Waals surface area contributed by atoms with E-state index < -0.39 is 11.9 Å². The number of rotatable bonds is 3. The molecule has 0 amide bonds. The van der Waals surface area contributed by atoms with Gasteiger partial charge in [0.2, 0.25) is 0 Å². The van der Waals surface area contributed by atoms with Gasteiger partial charge < -0.3 is 15.6 Å². The largest absolute Gasteiger partial charge is 0.493 e. The summed E-state index contributed by atoms with van der Waals surface area (Å²) >= 11 is 3.23. The molecule has 0 aromatic heterocycles. The highest BCUT2D eigenvalue weighted by molar-refractivity contribution is 9.10. The number of aliphatic hydroxyl groups excluding tert-OH is 1. The summed E-state index contributed by atoms with van der Waals surface area (Å²) < 4.78 is 18.8. The molecule has 1 unspecified atom stereocenters. The summed E-state index contributed by atoms with van der Waals surface area (Å²) in [4.78, 5) is 0. The third kappa shape index (κ3) is 2.05. The predicted octanol–water partition coefficient (Wildman–Crippen LogP) is 1.59. The van der Waals surface area contributed by atoms with E-state index in [9.17, 15) is 4.39 Å². The second-order valence-corrected chi connectivity index (χ2v) is 3.62. The predicted molar refractivity (Wildman–Crippen MR) is 54.7 cm³/mol. The van der Waals surface area contributed by atoms with E-state index in [0.29, 0.717) is 10.0 Å². The molecule has 1 rings (SSSR count). The number of hydrogen-bond acceptors (Lipinski definition) is 3. The number of benzene rings is 1. The van der Waals surface area contributed by atoms with Crippen LogP contribution in [0.3, 0.4) is 0 Å². The Labute approximate surface area is 89.8 Å². The fourth-order valence-corrected chi connectivity index (χ4v) is 1.80. The fourth-order valence-electron chi connectivity index (χ4n) is 1.19. The molecule has 0 bridgehead atoms. The highest BCUT2D eigenvalue weighted by atomic mass is 79.9. The van der Waals surface area contributed by atoms with Gasteiger partial charge >= 0.3 is 0 Å². The van der Waals surface area contributed by atoms with Crippen LogP contribution in [0.2, 0.25) is 0 Å². The van der Waals surface area contributed by atoms with Crippen LogP contribution in [0.25, 0.3) is 0 Å². The van der Waals surface area contributed by atoms with Gasteiger partial charge in [0.15, 0.2) is 11.6 Å². The minimum atomic E-state index is -0.657. The van der Waals surface area contributed by atoms with Gasteiger partial charge in [-0.3, -0.25) is 0 Å². The molecule has 0 heterocycles. The van der Waals surface area contributed by atoms with Crippen LogP contribution in [0.5, 0.6) is 5.75 Å². The van der Waals surface area contributed by atoms with E-state index in [2.05, 4.69) is 15.9 Å². The first kappa shape index (κ1) is 11.4. The summed E-state index contributed by atoms with van der Waals surface area (Å²) in [7, 11) is 1.36. The topological polar surface area (TPSA) is 55.5 Å². The van der Waals surface area contributed by atoms with Crippen LogP contribution in [0, 0.1) is 5.82 Å². The number of halogens is 2. The molecular formula is C9H11BrFNO2. The average Bonchev–Trinajstić information content (AvgIpc) is 2.19. The van der Waals surface area contributed by atoms with Crippen molar-refractivity contribution < 1.29 is 14.2 Å². The lowest BCUT2D eigenvalue weighted by Crippen LogP contribution is -2.16. The molecule has 1 aromatic carbocycles. The molecule has 0 aliphatic rings. The van der Waals surface area contributed by atoms with E-state index >= 15 is 0 Å². The normalized spacial score (nSPS) is 12.6. The zero-order valence-electron chi connectivity index (χ0n) is 7.63. The van der Waals surface area contributed by atoms with Crippen molar-refractivity contribution >= 4 is 15.9 Å². The molecule has 0 spiro atoms. The number of hydrogen-bond donors (Lipinski definition) is 2. The number of methoxy groups -OCH3 is 1. The highest BCUT2D eigenvalue weighted by Gasteiger charge is 2.18. The Morgan fingerprint density at radius 3 is 2.79 bits per heavy atom. The molecule has 0 aliphatic heterocycles. The van der Waals surface area contributed by atoms with Gasteiger partial charge in [0.25, 0.3) is 0 Å². The van der Waals surface area contributed by atoms with Crippen molar-refractivity contribution in [2.75, 3.05) is 13.7 Å².